The molecule has 8 nitrogen and oxygen atoms in total. The van der Waals surface area contributed by atoms with Crippen molar-refractivity contribution in [3.63, 3.8) is 0 Å². The van der Waals surface area contributed by atoms with Crippen LogP contribution in [0.1, 0.15) is 0 Å². The second kappa shape index (κ2) is 6.22. The normalized spacial score (nSPS) is 11.2. The molecule has 0 radical (unpaired) electrons. The highest BCUT2D eigenvalue weighted by Gasteiger charge is 2.13. The van der Waals surface area contributed by atoms with E-state index in [1.807, 2.05) is 30.3 Å². The summed E-state index contributed by atoms with van der Waals surface area (Å²) in [5.74, 6) is -0.155. The lowest BCUT2D eigenvalue weighted by molar-refractivity contribution is 0.435. The number of nitrogens with zero attached hydrogens (tertiary/aromatic N) is 2. The molecule has 3 aromatic rings. The summed E-state index contributed by atoms with van der Waals surface area (Å²) in [5.41, 5.74) is 7.35. The first-order valence-electron chi connectivity index (χ1n) is 6.87. The Balaban J connectivity index is 1.79. The third kappa shape index (κ3) is 3.31. The van der Waals surface area contributed by atoms with Gasteiger partial charge in [-0.1, -0.05) is 18.2 Å². The number of aromatic nitrogens is 2. The van der Waals surface area contributed by atoms with Crippen LogP contribution in [0, 0.1) is 0 Å². The van der Waals surface area contributed by atoms with Gasteiger partial charge in [0, 0.05) is 0 Å². The van der Waals surface area contributed by atoms with Gasteiger partial charge in [0.1, 0.15) is 5.69 Å². The molecule has 0 saturated carbocycles. The van der Waals surface area contributed by atoms with E-state index in [0.717, 1.165) is 5.69 Å². The first-order chi connectivity index (χ1) is 11.4. The Morgan fingerprint density at radius 3 is 2.25 bits per heavy atom. The molecule has 124 valence electrons. The molecule has 0 saturated heterocycles. The largest absolute Gasteiger partial charge is 0.492 e. The number of nitrogens with one attached hydrogen (secondary N) is 2. The number of benzene rings is 2. The van der Waals surface area contributed by atoms with Crippen LogP contribution < -0.4 is 10.9 Å². The lowest BCUT2D eigenvalue weighted by Crippen LogP contribution is -2.08. The van der Waals surface area contributed by atoms with E-state index in [4.69, 9.17) is 4.55 Å². The molecule has 1 heterocycles. The Bertz CT molecular complexity index is 937. The third-order valence-corrected chi connectivity index (χ3v) is 4.11. The van der Waals surface area contributed by atoms with Crippen molar-refractivity contribution in [2.75, 3.05) is 10.9 Å². The fourth-order valence-electron chi connectivity index (χ4n) is 2.04. The number of rotatable bonds is 5. The van der Waals surface area contributed by atoms with Crippen molar-refractivity contribution in [2.45, 2.75) is 4.90 Å². The number of hydrogen-bond donors (Lipinski definition) is 4. The summed E-state index contributed by atoms with van der Waals surface area (Å²) >= 11 is 0. The molecule has 0 bridgehead atoms. The Labute approximate surface area is 138 Å². The molecule has 0 unspecified atom stereocenters. The average Bonchev–Trinajstić information content (AvgIpc) is 2.94. The van der Waals surface area contributed by atoms with Crippen LogP contribution in [-0.4, -0.2) is 27.9 Å². The average molecular weight is 346 g/mol. The molecule has 0 amide bonds. The Morgan fingerprint density at radius 2 is 1.62 bits per heavy atom. The topological polar surface area (TPSA) is 116 Å². The molecule has 0 spiro atoms. The van der Waals surface area contributed by atoms with Crippen LogP contribution in [0.4, 0.5) is 11.4 Å². The molecule has 0 fully saturated rings. The zero-order valence-corrected chi connectivity index (χ0v) is 13.1. The van der Waals surface area contributed by atoms with Crippen molar-refractivity contribution in [3.8, 4) is 11.6 Å². The molecule has 0 aliphatic rings. The third-order valence-electron chi connectivity index (χ3n) is 3.24. The SMILES string of the molecule is O=S(=O)(O)c1ccc(-n2ncc(NNc3ccccc3)c2O)cc1. The van der Waals surface area contributed by atoms with Gasteiger partial charge in [0.05, 0.1) is 22.5 Å². The van der Waals surface area contributed by atoms with E-state index in [1.54, 1.807) is 0 Å². The van der Waals surface area contributed by atoms with Gasteiger partial charge in [0.2, 0.25) is 5.88 Å². The van der Waals surface area contributed by atoms with E-state index >= 15 is 0 Å². The van der Waals surface area contributed by atoms with Crippen molar-refractivity contribution in [1.82, 2.24) is 9.78 Å². The summed E-state index contributed by atoms with van der Waals surface area (Å²) in [6.07, 6.45) is 1.42. The summed E-state index contributed by atoms with van der Waals surface area (Å²) in [6.45, 7) is 0. The maximum atomic E-state index is 11.0. The summed E-state index contributed by atoms with van der Waals surface area (Å²) in [5, 5.41) is 14.3. The van der Waals surface area contributed by atoms with Crippen molar-refractivity contribution in [2.24, 2.45) is 0 Å². The van der Waals surface area contributed by atoms with Crippen LogP contribution >= 0.6 is 0 Å². The quantitative estimate of drug-likeness (QED) is 0.413. The van der Waals surface area contributed by atoms with Gasteiger partial charge in [0.25, 0.3) is 10.1 Å². The van der Waals surface area contributed by atoms with Gasteiger partial charge in [-0.05, 0) is 36.4 Å². The zero-order chi connectivity index (χ0) is 17.2. The highest BCUT2D eigenvalue weighted by molar-refractivity contribution is 7.85. The minimum absolute atomic E-state index is 0.155. The van der Waals surface area contributed by atoms with Crippen LogP contribution in [0.25, 0.3) is 5.69 Å². The Hall–Kier alpha value is -3.04. The van der Waals surface area contributed by atoms with Gasteiger partial charge in [-0.2, -0.15) is 18.2 Å². The van der Waals surface area contributed by atoms with Gasteiger partial charge >= 0.3 is 0 Å². The van der Waals surface area contributed by atoms with Crippen LogP contribution in [0.15, 0.2) is 65.7 Å². The van der Waals surface area contributed by atoms with E-state index in [1.165, 1.54) is 35.1 Å². The van der Waals surface area contributed by atoms with E-state index in [-0.39, 0.29) is 10.8 Å². The summed E-state index contributed by atoms with van der Waals surface area (Å²) in [6, 6.07) is 14.6. The monoisotopic (exact) mass is 346 g/mol. The number of hydrazine groups is 1. The van der Waals surface area contributed by atoms with E-state index in [9.17, 15) is 13.5 Å². The van der Waals surface area contributed by atoms with Crippen molar-refractivity contribution in [1.29, 1.82) is 0 Å². The van der Waals surface area contributed by atoms with E-state index < -0.39 is 10.1 Å². The van der Waals surface area contributed by atoms with Crippen LogP contribution in [0.2, 0.25) is 0 Å². The molecule has 0 aliphatic carbocycles. The predicted molar refractivity (Wildman–Crippen MR) is 88.7 cm³/mol. The van der Waals surface area contributed by atoms with Gasteiger partial charge in [0.15, 0.2) is 0 Å². The lowest BCUT2D eigenvalue weighted by Gasteiger charge is -2.08. The highest BCUT2D eigenvalue weighted by Crippen LogP contribution is 2.26. The van der Waals surface area contributed by atoms with Gasteiger partial charge in [-0.25, -0.2) is 0 Å². The Kier molecular flexibility index (Phi) is 4.11. The molecular formula is C15H14N4O4S. The fourth-order valence-corrected chi connectivity index (χ4v) is 2.52. The number of anilines is 2. The number of aromatic hydroxyl groups is 1. The maximum Gasteiger partial charge on any atom is 0.294 e. The zero-order valence-electron chi connectivity index (χ0n) is 12.3. The Morgan fingerprint density at radius 1 is 0.958 bits per heavy atom. The maximum absolute atomic E-state index is 11.0. The molecule has 0 aliphatic heterocycles. The lowest BCUT2D eigenvalue weighted by atomic mass is 10.3. The molecule has 24 heavy (non-hydrogen) atoms. The van der Waals surface area contributed by atoms with Crippen LogP contribution in [-0.2, 0) is 10.1 Å². The van der Waals surface area contributed by atoms with E-state index in [0.29, 0.717) is 11.4 Å². The first-order valence-corrected chi connectivity index (χ1v) is 8.31. The van der Waals surface area contributed by atoms with Gasteiger partial charge in [-0.15, -0.1) is 0 Å². The van der Waals surface area contributed by atoms with Crippen LogP contribution in [0.5, 0.6) is 5.88 Å². The molecule has 0 atom stereocenters. The minimum atomic E-state index is -4.26. The van der Waals surface area contributed by atoms with Crippen molar-refractivity contribution >= 4 is 21.5 Å². The van der Waals surface area contributed by atoms with Crippen molar-refractivity contribution in [3.05, 3.63) is 60.8 Å². The standard InChI is InChI=1S/C15H14N4O4S/c20-15-14(18-17-11-4-2-1-3-5-11)10-16-19(15)12-6-8-13(9-7-12)24(21,22)23/h1-10,17-18,20H,(H,21,22,23). The van der Waals surface area contributed by atoms with Crippen LogP contribution in [0.3, 0.4) is 0 Å². The van der Waals surface area contributed by atoms with E-state index in [2.05, 4.69) is 16.0 Å². The molecular weight excluding hydrogens is 332 g/mol. The highest BCUT2D eigenvalue weighted by atomic mass is 32.2. The van der Waals surface area contributed by atoms with Gasteiger partial charge < -0.3 is 10.5 Å². The fraction of sp³-hybridized carbons (Fsp3) is 0. The molecule has 2 aromatic carbocycles. The summed E-state index contributed by atoms with van der Waals surface area (Å²) in [4.78, 5) is -0.234. The summed E-state index contributed by atoms with van der Waals surface area (Å²) in [7, 11) is -4.26. The second-order valence-electron chi connectivity index (χ2n) is 4.88. The molecule has 9 heteroatoms. The molecule has 4 N–H and O–H groups in total. The molecule has 1 aromatic heterocycles. The predicted octanol–water partition coefficient (Wildman–Crippen LogP) is 2.26. The second-order valence-corrected chi connectivity index (χ2v) is 6.30. The minimum Gasteiger partial charge on any atom is -0.492 e. The first kappa shape index (κ1) is 15.8. The number of hydrogen-bond acceptors (Lipinski definition) is 6. The summed E-state index contributed by atoms with van der Waals surface area (Å²) < 4.78 is 32.3. The van der Waals surface area contributed by atoms with Gasteiger partial charge in [-0.3, -0.25) is 9.98 Å². The van der Waals surface area contributed by atoms with Crippen molar-refractivity contribution < 1.29 is 18.1 Å². The number of para-hydroxylation sites is 1. The smallest absolute Gasteiger partial charge is 0.294 e. The molecule has 3 rings (SSSR count).